The topological polar surface area (TPSA) is 159 Å². The summed E-state index contributed by atoms with van der Waals surface area (Å²) in [5, 5.41) is 33.7. The molecule has 4 aliphatic heterocycles. The molecule has 10 atom stereocenters. The fourth-order valence-corrected chi connectivity index (χ4v) is 6.68. The highest BCUT2D eigenvalue weighted by molar-refractivity contribution is 5.83. The molecule has 12 nitrogen and oxygen atoms in total. The zero-order valence-electron chi connectivity index (χ0n) is 27.2. The maximum absolute atomic E-state index is 12.9. The molecule has 0 spiro atoms. The number of fused-ring (bicyclic) bond motifs is 6. The molecule has 0 aliphatic carbocycles. The minimum atomic E-state index is -2.01. The summed E-state index contributed by atoms with van der Waals surface area (Å²) in [6.07, 6.45) is 3.08. The molecule has 0 amide bonds. The van der Waals surface area contributed by atoms with Crippen molar-refractivity contribution < 1.29 is 58.1 Å². The van der Waals surface area contributed by atoms with Gasteiger partial charge in [-0.3, -0.25) is 4.79 Å². The molecule has 0 aromatic carbocycles. The maximum Gasteiger partial charge on any atom is 0.330 e. The van der Waals surface area contributed by atoms with Crippen LogP contribution in [0.15, 0.2) is 23.8 Å². The van der Waals surface area contributed by atoms with Crippen LogP contribution in [-0.4, -0.2) is 108 Å². The summed E-state index contributed by atoms with van der Waals surface area (Å²) >= 11 is 0. The van der Waals surface area contributed by atoms with Crippen LogP contribution in [0.3, 0.4) is 0 Å². The van der Waals surface area contributed by atoms with Gasteiger partial charge in [-0.25, -0.2) is 4.79 Å². The summed E-state index contributed by atoms with van der Waals surface area (Å²) in [6, 6.07) is 0. The maximum atomic E-state index is 12.9. The Labute approximate surface area is 266 Å². The number of ether oxygens (including phenoxy) is 7. The van der Waals surface area contributed by atoms with Gasteiger partial charge in [-0.2, -0.15) is 0 Å². The van der Waals surface area contributed by atoms with Crippen LogP contribution in [0, 0.1) is 5.41 Å². The monoisotopic (exact) mass is 640 g/mol. The van der Waals surface area contributed by atoms with Crippen molar-refractivity contribution in [1.82, 2.24) is 0 Å². The lowest BCUT2D eigenvalue weighted by atomic mass is 9.74. The Kier molecular flexibility index (Phi) is 12.6. The number of cyclic esters (lactones) is 1. The molecular formula is C33H52O12. The second kappa shape index (κ2) is 15.8. The van der Waals surface area contributed by atoms with Gasteiger partial charge in [0, 0.05) is 30.9 Å². The molecule has 45 heavy (non-hydrogen) atoms. The Balaban J connectivity index is 1.70. The number of carbonyl (C=O) groups excluding carboxylic acids is 2. The first-order valence-electron chi connectivity index (χ1n) is 16.3. The second-order valence-corrected chi connectivity index (χ2v) is 13.2. The molecule has 12 heteroatoms. The van der Waals surface area contributed by atoms with Crippen LogP contribution >= 0.6 is 0 Å². The average Bonchev–Trinajstić information content (AvgIpc) is 2.97. The van der Waals surface area contributed by atoms with Gasteiger partial charge < -0.3 is 48.5 Å². The van der Waals surface area contributed by atoms with E-state index in [4.69, 9.17) is 33.2 Å². The molecule has 4 heterocycles. The van der Waals surface area contributed by atoms with E-state index in [1.165, 1.54) is 20.1 Å². The van der Waals surface area contributed by atoms with E-state index in [0.29, 0.717) is 31.4 Å². The van der Waals surface area contributed by atoms with Crippen molar-refractivity contribution in [3.63, 3.8) is 0 Å². The van der Waals surface area contributed by atoms with Crippen LogP contribution in [0.1, 0.15) is 85.5 Å². The van der Waals surface area contributed by atoms with Crippen molar-refractivity contribution in [1.29, 1.82) is 0 Å². The van der Waals surface area contributed by atoms with Crippen LogP contribution in [0.25, 0.3) is 0 Å². The number of carbonyl (C=O) groups is 2. The van der Waals surface area contributed by atoms with Gasteiger partial charge in [0.2, 0.25) is 5.79 Å². The van der Waals surface area contributed by atoms with Crippen molar-refractivity contribution in [2.45, 2.75) is 146 Å². The summed E-state index contributed by atoms with van der Waals surface area (Å²) in [7, 11) is 1.26. The van der Waals surface area contributed by atoms with E-state index in [0.717, 1.165) is 19.3 Å². The van der Waals surface area contributed by atoms with E-state index in [1.807, 2.05) is 0 Å². The largest absolute Gasteiger partial charge is 0.466 e. The predicted molar refractivity (Wildman–Crippen MR) is 161 cm³/mol. The van der Waals surface area contributed by atoms with Gasteiger partial charge in [0.15, 0.2) is 6.29 Å². The first kappa shape index (κ1) is 35.9. The number of methoxy groups -OCH3 is 1. The lowest BCUT2D eigenvalue weighted by molar-refractivity contribution is -0.332. The van der Waals surface area contributed by atoms with Crippen molar-refractivity contribution in [3.8, 4) is 0 Å². The molecule has 0 radical (unpaired) electrons. The Morgan fingerprint density at radius 1 is 1.09 bits per heavy atom. The number of aliphatic hydroxyl groups is 3. The second-order valence-electron chi connectivity index (χ2n) is 13.2. The molecule has 0 saturated carbocycles. The van der Waals surface area contributed by atoms with E-state index in [9.17, 15) is 24.9 Å². The summed E-state index contributed by atoms with van der Waals surface area (Å²) in [5.41, 5.74) is -0.684. The van der Waals surface area contributed by atoms with Gasteiger partial charge in [-0.15, -0.1) is 0 Å². The molecule has 6 bridgehead atoms. The molecule has 3 saturated heterocycles. The van der Waals surface area contributed by atoms with Crippen molar-refractivity contribution in [3.05, 3.63) is 23.8 Å². The van der Waals surface area contributed by atoms with E-state index in [1.54, 1.807) is 32.9 Å². The van der Waals surface area contributed by atoms with Crippen LogP contribution in [0.5, 0.6) is 0 Å². The third-order valence-electron chi connectivity index (χ3n) is 9.20. The molecule has 3 N–H and O–H groups in total. The van der Waals surface area contributed by atoms with Gasteiger partial charge in [-0.1, -0.05) is 19.9 Å². The van der Waals surface area contributed by atoms with E-state index < -0.39 is 60.0 Å². The third-order valence-corrected chi connectivity index (χ3v) is 9.20. The van der Waals surface area contributed by atoms with E-state index in [2.05, 4.69) is 0 Å². The van der Waals surface area contributed by atoms with Gasteiger partial charge in [0.25, 0.3) is 0 Å². The average molecular weight is 641 g/mol. The molecule has 4 rings (SSSR count). The standard InChI is InChI=1S/C33H52O12/c1-6-40-31-21(15-28(36)39-5)14-26-19-27(20(2)34)44-29(37)17-22(35)16-23-8-7-9-24(42-23)18-25-11-13-41-30(43-25)10-12-32(3,4)33(31,38)45-26/h10,12,15,20,22-27,30-31,34-35,38H,6-9,11,13-14,16-19H2,1-5H3/b12-10+,21-15+/t20-,22-,23+,24-,25+,26+,27-,30+,31+,33-/m1/s1. The lowest BCUT2D eigenvalue weighted by Gasteiger charge is -2.51. The Morgan fingerprint density at radius 3 is 2.49 bits per heavy atom. The minimum Gasteiger partial charge on any atom is -0.466 e. The van der Waals surface area contributed by atoms with Crippen LogP contribution in [0.4, 0.5) is 0 Å². The number of hydrogen-bond donors (Lipinski definition) is 3. The van der Waals surface area contributed by atoms with Gasteiger partial charge in [0.1, 0.15) is 12.2 Å². The summed E-state index contributed by atoms with van der Waals surface area (Å²) < 4.78 is 41.5. The SMILES string of the molecule is CCO[C@H]1/C(=C/C(=O)OC)C[C@H]2C[C@H]([C@@H](C)O)OC(=O)C[C@H](O)C[C@@H]3CCC[C@H](C[C@@H]4CCO[C@H](/C=C/C(C)(C)[C@]1(O)O2)O4)O3. The fraction of sp³-hybridized carbons (Fsp3) is 0.818. The molecule has 256 valence electrons. The normalized spacial score (nSPS) is 40.5. The number of aliphatic hydroxyl groups excluding tert-OH is 2. The molecule has 0 aromatic rings. The quantitative estimate of drug-likeness (QED) is 0.235. The van der Waals surface area contributed by atoms with Crippen molar-refractivity contribution in [2.75, 3.05) is 20.3 Å². The molecular weight excluding hydrogens is 588 g/mol. The molecule has 0 unspecified atom stereocenters. The van der Waals surface area contributed by atoms with E-state index in [-0.39, 0.29) is 44.2 Å². The first-order valence-corrected chi connectivity index (χ1v) is 16.3. The fourth-order valence-electron chi connectivity index (χ4n) is 6.68. The minimum absolute atomic E-state index is 0.00288. The number of esters is 2. The molecule has 4 aliphatic rings. The van der Waals surface area contributed by atoms with Crippen LogP contribution in [-0.2, 0) is 42.7 Å². The zero-order chi connectivity index (χ0) is 32.8. The summed E-state index contributed by atoms with van der Waals surface area (Å²) in [6.45, 7) is 7.55. The van der Waals surface area contributed by atoms with Crippen molar-refractivity contribution >= 4 is 11.9 Å². The lowest BCUT2D eigenvalue weighted by Crippen LogP contribution is -2.61. The number of rotatable bonds is 4. The van der Waals surface area contributed by atoms with Gasteiger partial charge in [0.05, 0.1) is 56.8 Å². The highest BCUT2D eigenvalue weighted by Crippen LogP contribution is 2.46. The molecule has 0 aromatic heterocycles. The van der Waals surface area contributed by atoms with Gasteiger partial charge >= 0.3 is 11.9 Å². The van der Waals surface area contributed by atoms with E-state index >= 15 is 0 Å². The smallest absolute Gasteiger partial charge is 0.330 e. The third kappa shape index (κ3) is 9.35. The Hall–Kier alpha value is -1.90. The summed E-state index contributed by atoms with van der Waals surface area (Å²) in [5.74, 6) is -3.29. The highest BCUT2D eigenvalue weighted by Gasteiger charge is 2.56. The van der Waals surface area contributed by atoms with Crippen LogP contribution < -0.4 is 0 Å². The Morgan fingerprint density at radius 2 is 1.80 bits per heavy atom. The zero-order valence-corrected chi connectivity index (χ0v) is 27.2. The first-order chi connectivity index (χ1) is 21.3. The summed E-state index contributed by atoms with van der Waals surface area (Å²) in [4.78, 5) is 25.4. The molecule has 3 fully saturated rings. The Bertz CT molecular complexity index is 1060. The van der Waals surface area contributed by atoms with Crippen LogP contribution in [0.2, 0.25) is 0 Å². The predicted octanol–water partition coefficient (Wildman–Crippen LogP) is 2.85. The number of hydrogen-bond acceptors (Lipinski definition) is 12. The van der Waals surface area contributed by atoms with Gasteiger partial charge in [-0.05, 0) is 64.0 Å². The highest BCUT2D eigenvalue weighted by atomic mass is 16.7. The van der Waals surface area contributed by atoms with Crippen molar-refractivity contribution in [2.24, 2.45) is 5.41 Å².